The van der Waals surface area contributed by atoms with Gasteiger partial charge in [0, 0.05) is 30.0 Å². The zero-order valence-electron chi connectivity index (χ0n) is 13.3. The summed E-state index contributed by atoms with van der Waals surface area (Å²) in [5.41, 5.74) is -2.77. The third-order valence-corrected chi connectivity index (χ3v) is 3.27. The largest absolute Gasteiger partial charge is 0.423 e. The summed E-state index contributed by atoms with van der Waals surface area (Å²) in [6.45, 7) is 0. The summed E-state index contributed by atoms with van der Waals surface area (Å²) in [5, 5.41) is 23.5. The first-order valence-electron chi connectivity index (χ1n) is 7.17. The van der Waals surface area contributed by atoms with E-state index in [1.54, 1.807) is 0 Å². The van der Waals surface area contributed by atoms with Crippen LogP contribution in [0.4, 0.5) is 30.2 Å². The smallest absolute Gasteiger partial charge is 0.322 e. The number of rotatable bonds is 5. The van der Waals surface area contributed by atoms with Crippen molar-refractivity contribution in [2.75, 3.05) is 5.32 Å². The van der Waals surface area contributed by atoms with Crippen LogP contribution >= 0.6 is 0 Å². The van der Waals surface area contributed by atoms with Crippen LogP contribution in [0.15, 0.2) is 48.5 Å². The van der Waals surface area contributed by atoms with Gasteiger partial charge in [-0.05, 0) is 23.8 Å². The summed E-state index contributed by atoms with van der Waals surface area (Å²) in [7, 11) is 0. The molecule has 0 radical (unpaired) electrons. The molecule has 0 aromatic heterocycles. The molecule has 11 heteroatoms. The van der Waals surface area contributed by atoms with Crippen LogP contribution in [0.1, 0.15) is 11.1 Å². The highest BCUT2D eigenvalue weighted by Gasteiger charge is 2.38. The SMILES string of the molecule is O=C(/C=C/c1cccc([N+](=O)[O-])c1)Nc1ccc([N+](=O)[O-])c(C(F)(F)F)c1. The minimum atomic E-state index is -4.97. The Labute approximate surface area is 149 Å². The van der Waals surface area contributed by atoms with Gasteiger partial charge in [-0.15, -0.1) is 0 Å². The van der Waals surface area contributed by atoms with E-state index in [1.165, 1.54) is 30.3 Å². The first-order chi connectivity index (χ1) is 12.6. The highest BCUT2D eigenvalue weighted by Crippen LogP contribution is 2.37. The minimum Gasteiger partial charge on any atom is -0.322 e. The molecule has 1 amide bonds. The summed E-state index contributed by atoms with van der Waals surface area (Å²) >= 11 is 0. The van der Waals surface area contributed by atoms with Crippen molar-refractivity contribution < 1.29 is 27.8 Å². The molecule has 8 nitrogen and oxygen atoms in total. The van der Waals surface area contributed by atoms with Gasteiger partial charge in [-0.1, -0.05) is 12.1 Å². The highest BCUT2D eigenvalue weighted by atomic mass is 19.4. The van der Waals surface area contributed by atoms with Crippen LogP contribution in [0, 0.1) is 20.2 Å². The van der Waals surface area contributed by atoms with Crippen LogP contribution in [0.2, 0.25) is 0 Å². The Morgan fingerprint density at radius 3 is 2.33 bits per heavy atom. The van der Waals surface area contributed by atoms with Gasteiger partial charge in [-0.2, -0.15) is 13.2 Å². The summed E-state index contributed by atoms with van der Waals surface area (Å²) in [6.07, 6.45) is -2.77. The lowest BCUT2D eigenvalue weighted by molar-refractivity contribution is -0.388. The number of alkyl halides is 3. The Hall–Kier alpha value is -3.76. The van der Waals surface area contributed by atoms with Gasteiger partial charge in [0.1, 0.15) is 5.56 Å². The maximum Gasteiger partial charge on any atom is 0.423 e. The molecule has 0 fully saturated rings. The van der Waals surface area contributed by atoms with Gasteiger partial charge in [-0.3, -0.25) is 25.0 Å². The van der Waals surface area contributed by atoms with Crippen molar-refractivity contribution in [1.82, 2.24) is 0 Å². The molecule has 2 aromatic rings. The maximum atomic E-state index is 12.9. The number of nitro groups is 2. The molecule has 0 bridgehead atoms. The number of anilines is 1. The summed E-state index contributed by atoms with van der Waals surface area (Å²) in [6, 6.07) is 7.42. The zero-order chi connectivity index (χ0) is 20.2. The molecule has 140 valence electrons. The van der Waals surface area contributed by atoms with Gasteiger partial charge >= 0.3 is 6.18 Å². The third kappa shape index (κ3) is 5.11. The van der Waals surface area contributed by atoms with Crippen LogP contribution in [0.25, 0.3) is 6.08 Å². The average molecular weight is 381 g/mol. The Bertz CT molecular complexity index is 941. The molecule has 0 aliphatic rings. The van der Waals surface area contributed by atoms with Crippen LogP contribution in [0.5, 0.6) is 0 Å². The zero-order valence-corrected chi connectivity index (χ0v) is 13.3. The van der Waals surface area contributed by atoms with Crippen molar-refractivity contribution in [3.05, 3.63) is 79.9 Å². The topological polar surface area (TPSA) is 115 Å². The quantitative estimate of drug-likeness (QED) is 0.474. The van der Waals surface area contributed by atoms with Gasteiger partial charge in [0.2, 0.25) is 5.91 Å². The monoisotopic (exact) mass is 381 g/mol. The minimum absolute atomic E-state index is 0.192. The molecule has 0 aliphatic carbocycles. The molecular formula is C16H10F3N3O5. The van der Waals surface area contributed by atoms with E-state index in [9.17, 15) is 38.2 Å². The van der Waals surface area contributed by atoms with E-state index in [1.807, 2.05) is 0 Å². The molecular weight excluding hydrogens is 371 g/mol. The molecule has 0 saturated carbocycles. The van der Waals surface area contributed by atoms with Crippen molar-refractivity contribution in [2.24, 2.45) is 0 Å². The number of nitrogens with one attached hydrogen (secondary N) is 1. The molecule has 2 rings (SSSR count). The normalized spacial score (nSPS) is 11.4. The first kappa shape index (κ1) is 19.6. The second kappa shape index (κ2) is 7.64. The van der Waals surface area contributed by atoms with Crippen LogP contribution < -0.4 is 5.32 Å². The Morgan fingerprint density at radius 1 is 1.04 bits per heavy atom. The van der Waals surface area contributed by atoms with Crippen LogP contribution in [0.3, 0.4) is 0 Å². The standard InChI is InChI=1S/C16H10F3N3O5/c17-16(18,19)13-9-11(5-6-14(13)22(26)27)20-15(23)7-4-10-2-1-3-12(8-10)21(24)25/h1-9H,(H,20,23)/b7-4+. The average Bonchev–Trinajstić information content (AvgIpc) is 2.59. The fraction of sp³-hybridized carbons (Fsp3) is 0.0625. The van der Waals surface area contributed by atoms with Crippen molar-refractivity contribution >= 4 is 29.0 Å². The number of hydrogen-bond donors (Lipinski definition) is 1. The van der Waals surface area contributed by atoms with E-state index in [-0.39, 0.29) is 11.4 Å². The van der Waals surface area contributed by atoms with Crippen molar-refractivity contribution in [3.63, 3.8) is 0 Å². The molecule has 0 atom stereocenters. The second-order valence-corrected chi connectivity index (χ2v) is 5.16. The van der Waals surface area contributed by atoms with E-state index in [2.05, 4.69) is 5.32 Å². The van der Waals surface area contributed by atoms with E-state index >= 15 is 0 Å². The Morgan fingerprint density at radius 2 is 1.74 bits per heavy atom. The van der Waals surface area contributed by atoms with E-state index < -0.39 is 33.2 Å². The number of halogens is 3. The van der Waals surface area contributed by atoms with Gasteiger partial charge in [-0.25, -0.2) is 0 Å². The lowest BCUT2D eigenvalue weighted by Crippen LogP contribution is -2.12. The molecule has 0 unspecified atom stereocenters. The number of carbonyl (C=O) groups excluding carboxylic acids is 1. The number of non-ortho nitro benzene ring substituents is 1. The Balaban J connectivity index is 2.19. The number of amides is 1. The number of hydrogen-bond acceptors (Lipinski definition) is 5. The van der Waals surface area contributed by atoms with Crippen molar-refractivity contribution in [2.45, 2.75) is 6.18 Å². The first-order valence-corrected chi connectivity index (χ1v) is 7.17. The predicted molar refractivity (Wildman–Crippen MR) is 88.9 cm³/mol. The van der Waals surface area contributed by atoms with Gasteiger partial charge in [0.25, 0.3) is 11.4 Å². The number of benzene rings is 2. The molecule has 27 heavy (non-hydrogen) atoms. The molecule has 0 heterocycles. The van der Waals surface area contributed by atoms with Gasteiger partial charge in [0.05, 0.1) is 9.85 Å². The lowest BCUT2D eigenvalue weighted by Gasteiger charge is -2.09. The van der Waals surface area contributed by atoms with E-state index in [0.717, 1.165) is 12.1 Å². The van der Waals surface area contributed by atoms with Gasteiger partial charge < -0.3 is 5.32 Å². The van der Waals surface area contributed by atoms with Crippen LogP contribution in [-0.4, -0.2) is 15.8 Å². The summed E-state index contributed by atoms with van der Waals surface area (Å²) in [4.78, 5) is 31.4. The van der Waals surface area contributed by atoms with E-state index in [0.29, 0.717) is 17.7 Å². The lowest BCUT2D eigenvalue weighted by atomic mass is 10.1. The number of carbonyl (C=O) groups is 1. The maximum absolute atomic E-state index is 12.9. The second-order valence-electron chi connectivity index (χ2n) is 5.16. The highest BCUT2D eigenvalue weighted by molar-refractivity contribution is 6.02. The Kier molecular flexibility index (Phi) is 5.54. The fourth-order valence-electron chi connectivity index (χ4n) is 2.10. The number of nitro benzene ring substituents is 2. The third-order valence-electron chi connectivity index (χ3n) is 3.27. The molecule has 0 aliphatic heterocycles. The van der Waals surface area contributed by atoms with Gasteiger partial charge in [0.15, 0.2) is 0 Å². The van der Waals surface area contributed by atoms with Crippen molar-refractivity contribution in [3.8, 4) is 0 Å². The molecule has 2 aromatic carbocycles. The fourth-order valence-corrected chi connectivity index (χ4v) is 2.10. The van der Waals surface area contributed by atoms with Crippen LogP contribution in [-0.2, 0) is 11.0 Å². The summed E-state index contributed by atoms with van der Waals surface area (Å²) in [5.74, 6) is -0.816. The molecule has 0 spiro atoms. The number of nitrogens with zero attached hydrogens (tertiary/aromatic N) is 2. The molecule has 1 N–H and O–H groups in total. The van der Waals surface area contributed by atoms with E-state index in [4.69, 9.17) is 0 Å². The summed E-state index contributed by atoms with van der Waals surface area (Å²) < 4.78 is 38.7. The van der Waals surface area contributed by atoms with Crippen molar-refractivity contribution in [1.29, 1.82) is 0 Å². The molecule has 0 saturated heterocycles. The predicted octanol–water partition coefficient (Wildman–Crippen LogP) is 4.17.